The molecule has 1 N–H and O–H groups in total. The number of hydrogen-bond donors (Lipinski definition) is 1. The molecule has 3 unspecified atom stereocenters. The number of carbonyl (C=O) groups excluding carboxylic acids is 2. The average Bonchev–Trinajstić information content (AvgIpc) is 2.90. The Kier molecular flexibility index (Phi) is 3.74. The molecule has 0 aromatic heterocycles. The van der Waals surface area contributed by atoms with Gasteiger partial charge in [-0.05, 0) is 57.8 Å². The van der Waals surface area contributed by atoms with Crippen LogP contribution in [0.4, 0.5) is 4.79 Å². The molecule has 108 valence electrons. The minimum absolute atomic E-state index is 0.184. The summed E-state index contributed by atoms with van der Waals surface area (Å²) in [5.41, 5.74) is -0.567. The highest BCUT2D eigenvalue weighted by molar-refractivity contribution is 5.81. The van der Waals surface area contributed by atoms with E-state index in [1.807, 2.05) is 0 Å². The lowest BCUT2D eigenvalue weighted by Crippen LogP contribution is -2.48. The van der Waals surface area contributed by atoms with Gasteiger partial charge >= 0.3 is 12.1 Å². The van der Waals surface area contributed by atoms with Gasteiger partial charge < -0.3 is 14.8 Å². The van der Waals surface area contributed by atoms with Crippen LogP contribution in [-0.2, 0) is 14.3 Å². The zero-order valence-electron chi connectivity index (χ0n) is 12.1. The lowest BCUT2D eigenvalue weighted by molar-refractivity contribution is -0.144. The van der Waals surface area contributed by atoms with E-state index in [1.54, 1.807) is 20.8 Å². The summed E-state index contributed by atoms with van der Waals surface area (Å²) in [6.07, 6.45) is 2.72. The van der Waals surface area contributed by atoms with Crippen molar-refractivity contribution in [2.75, 3.05) is 7.11 Å². The SMILES string of the molecule is COC(=O)C(NC(=O)OC(C)(C)C)C1CC2CC2C1. The number of amides is 1. The van der Waals surface area contributed by atoms with Gasteiger partial charge in [-0.3, -0.25) is 0 Å². The second-order valence-electron chi connectivity index (χ2n) is 6.63. The van der Waals surface area contributed by atoms with Crippen molar-refractivity contribution in [1.82, 2.24) is 5.32 Å². The molecular formula is C14H23NO4. The molecule has 5 heteroatoms. The molecule has 3 atom stereocenters. The Morgan fingerprint density at radius 2 is 1.74 bits per heavy atom. The minimum Gasteiger partial charge on any atom is -0.467 e. The van der Waals surface area contributed by atoms with Crippen molar-refractivity contribution in [2.24, 2.45) is 17.8 Å². The summed E-state index contributed by atoms with van der Waals surface area (Å²) in [7, 11) is 1.35. The third-order valence-electron chi connectivity index (χ3n) is 3.88. The van der Waals surface area contributed by atoms with E-state index in [2.05, 4.69) is 5.32 Å². The Balaban J connectivity index is 1.94. The Bertz CT molecular complexity index is 364. The van der Waals surface area contributed by atoms with Crippen LogP contribution in [0.3, 0.4) is 0 Å². The molecule has 0 bridgehead atoms. The van der Waals surface area contributed by atoms with E-state index < -0.39 is 17.7 Å². The molecule has 2 saturated carbocycles. The number of alkyl carbamates (subject to hydrolysis) is 1. The van der Waals surface area contributed by atoms with Crippen molar-refractivity contribution in [3.05, 3.63) is 0 Å². The maximum atomic E-state index is 11.8. The van der Waals surface area contributed by atoms with E-state index in [0.29, 0.717) is 0 Å². The number of fused-ring (bicyclic) bond motifs is 1. The minimum atomic E-state index is -0.576. The number of nitrogens with one attached hydrogen (secondary N) is 1. The molecule has 5 nitrogen and oxygen atoms in total. The molecule has 2 rings (SSSR count). The molecule has 0 saturated heterocycles. The van der Waals surface area contributed by atoms with Crippen molar-refractivity contribution in [3.8, 4) is 0 Å². The van der Waals surface area contributed by atoms with Gasteiger partial charge in [0.1, 0.15) is 11.6 Å². The van der Waals surface area contributed by atoms with E-state index in [1.165, 1.54) is 13.5 Å². The summed E-state index contributed by atoms with van der Waals surface area (Å²) in [6, 6.07) is -0.576. The molecule has 0 spiro atoms. The highest BCUT2D eigenvalue weighted by Crippen LogP contribution is 2.55. The predicted octanol–water partition coefficient (Wildman–Crippen LogP) is 2.10. The van der Waals surface area contributed by atoms with Gasteiger partial charge in [0, 0.05) is 0 Å². The van der Waals surface area contributed by atoms with Gasteiger partial charge in [0.2, 0.25) is 0 Å². The third kappa shape index (κ3) is 3.61. The number of ether oxygens (including phenoxy) is 2. The summed E-state index contributed by atoms with van der Waals surface area (Å²) < 4.78 is 10.00. The number of rotatable bonds is 3. The number of hydrogen-bond acceptors (Lipinski definition) is 4. The zero-order valence-corrected chi connectivity index (χ0v) is 12.1. The maximum Gasteiger partial charge on any atom is 0.408 e. The van der Waals surface area contributed by atoms with Crippen LogP contribution in [0.5, 0.6) is 0 Å². The summed E-state index contributed by atoms with van der Waals surface area (Å²) in [6.45, 7) is 5.39. The van der Waals surface area contributed by atoms with E-state index >= 15 is 0 Å². The molecule has 1 amide bonds. The molecular weight excluding hydrogens is 246 g/mol. The fraction of sp³-hybridized carbons (Fsp3) is 0.857. The van der Waals surface area contributed by atoms with E-state index in [0.717, 1.165) is 24.7 Å². The zero-order chi connectivity index (χ0) is 14.2. The Labute approximate surface area is 114 Å². The Morgan fingerprint density at radius 1 is 1.16 bits per heavy atom. The number of methoxy groups -OCH3 is 1. The van der Waals surface area contributed by atoms with Crippen molar-refractivity contribution >= 4 is 12.1 Å². The van der Waals surface area contributed by atoms with Gasteiger partial charge in [-0.2, -0.15) is 0 Å². The van der Waals surface area contributed by atoms with Gasteiger partial charge in [0.15, 0.2) is 0 Å². The average molecular weight is 269 g/mol. The Hall–Kier alpha value is -1.26. The summed E-state index contributed by atoms with van der Waals surface area (Å²) in [5, 5.41) is 2.67. The predicted molar refractivity (Wildman–Crippen MR) is 69.5 cm³/mol. The molecule has 0 aromatic rings. The molecule has 2 aliphatic rings. The van der Waals surface area contributed by atoms with Gasteiger partial charge in [0.05, 0.1) is 7.11 Å². The molecule has 2 aliphatic carbocycles. The topological polar surface area (TPSA) is 64.6 Å². The second kappa shape index (κ2) is 5.02. The molecule has 0 heterocycles. The number of carbonyl (C=O) groups is 2. The normalized spacial score (nSPS) is 30.2. The van der Waals surface area contributed by atoms with Crippen LogP contribution in [0.1, 0.15) is 40.0 Å². The lowest BCUT2D eigenvalue weighted by atomic mass is 9.94. The first-order chi connectivity index (χ1) is 8.80. The highest BCUT2D eigenvalue weighted by Gasteiger charge is 2.50. The maximum absolute atomic E-state index is 11.8. The molecule has 2 fully saturated rings. The third-order valence-corrected chi connectivity index (χ3v) is 3.88. The quantitative estimate of drug-likeness (QED) is 0.797. The molecule has 19 heavy (non-hydrogen) atoms. The Morgan fingerprint density at radius 3 is 2.21 bits per heavy atom. The first-order valence-corrected chi connectivity index (χ1v) is 6.87. The van der Waals surface area contributed by atoms with Crippen molar-refractivity contribution in [3.63, 3.8) is 0 Å². The van der Waals surface area contributed by atoms with Gasteiger partial charge in [0.25, 0.3) is 0 Å². The van der Waals surface area contributed by atoms with Crippen LogP contribution in [0, 0.1) is 17.8 Å². The van der Waals surface area contributed by atoms with Crippen LogP contribution in [0.15, 0.2) is 0 Å². The van der Waals surface area contributed by atoms with E-state index in [9.17, 15) is 9.59 Å². The van der Waals surface area contributed by atoms with Crippen LogP contribution >= 0.6 is 0 Å². The summed E-state index contributed by atoms with van der Waals surface area (Å²) in [4.78, 5) is 23.6. The highest BCUT2D eigenvalue weighted by atomic mass is 16.6. The van der Waals surface area contributed by atoms with E-state index in [-0.39, 0.29) is 11.9 Å². The monoisotopic (exact) mass is 269 g/mol. The fourth-order valence-corrected chi connectivity index (χ4v) is 2.96. The van der Waals surface area contributed by atoms with Crippen LogP contribution in [-0.4, -0.2) is 30.8 Å². The first kappa shape index (κ1) is 14.2. The molecule has 0 radical (unpaired) electrons. The summed E-state index contributed by atoms with van der Waals surface area (Å²) in [5.74, 6) is 1.30. The standard InChI is InChI=1S/C14H23NO4/c1-14(2,3)19-13(17)15-11(12(16)18-4)10-6-8-5-9(8)7-10/h8-11H,5-7H2,1-4H3,(H,15,17). The lowest BCUT2D eigenvalue weighted by Gasteiger charge is -2.26. The van der Waals surface area contributed by atoms with Crippen LogP contribution in [0.2, 0.25) is 0 Å². The molecule has 0 aliphatic heterocycles. The van der Waals surface area contributed by atoms with Gasteiger partial charge in [-0.25, -0.2) is 9.59 Å². The van der Waals surface area contributed by atoms with Crippen molar-refractivity contribution in [2.45, 2.75) is 51.7 Å². The fourth-order valence-electron chi connectivity index (χ4n) is 2.96. The second-order valence-corrected chi connectivity index (χ2v) is 6.63. The largest absolute Gasteiger partial charge is 0.467 e. The van der Waals surface area contributed by atoms with Gasteiger partial charge in [-0.15, -0.1) is 0 Å². The van der Waals surface area contributed by atoms with Crippen LogP contribution in [0.25, 0.3) is 0 Å². The number of esters is 1. The smallest absolute Gasteiger partial charge is 0.408 e. The van der Waals surface area contributed by atoms with E-state index in [4.69, 9.17) is 9.47 Å². The van der Waals surface area contributed by atoms with Crippen molar-refractivity contribution in [1.29, 1.82) is 0 Å². The van der Waals surface area contributed by atoms with Crippen LogP contribution < -0.4 is 5.32 Å². The summed E-state index contributed by atoms with van der Waals surface area (Å²) >= 11 is 0. The first-order valence-electron chi connectivity index (χ1n) is 6.87. The molecule has 0 aromatic carbocycles. The van der Waals surface area contributed by atoms with Crippen molar-refractivity contribution < 1.29 is 19.1 Å². The van der Waals surface area contributed by atoms with Gasteiger partial charge in [-0.1, -0.05) is 0 Å².